The van der Waals surface area contributed by atoms with Crippen LogP contribution in [0, 0.1) is 23.6 Å². The largest absolute Gasteiger partial charge is 0.423 e. The van der Waals surface area contributed by atoms with E-state index in [0.29, 0.717) is 11.5 Å². The highest BCUT2D eigenvalue weighted by Gasteiger charge is 2.36. The molecule has 2 aromatic carbocycles. The molecule has 0 aliphatic heterocycles. The minimum atomic E-state index is -4.46. The van der Waals surface area contributed by atoms with Gasteiger partial charge in [-0.05, 0) is 97.7 Å². The lowest BCUT2D eigenvalue weighted by Crippen LogP contribution is -2.30. The molecule has 0 amide bonds. The number of esters is 1. The van der Waals surface area contributed by atoms with E-state index in [4.69, 9.17) is 4.74 Å². The highest BCUT2D eigenvalue weighted by Crippen LogP contribution is 2.48. The topological polar surface area (TPSA) is 26.3 Å². The molecule has 4 rings (SSSR count). The van der Waals surface area contributed by atoms with E-state index in [1.54, 1.807) is 12.1 Å². The second-order valence-electron chi connectivity index (χ2n) is 9.65. The predicted octanol–water partition coefficient (Wildman–Crippen LogP) is 8.16. The minimum absolute atomic E-state index is 0.0190. The third kappa shape index (κ3) is 5.59. The molecular weight excluding hydrogens is 432 g/mol. The Morgan fingerprint density at radius 3 is 2.33 bits per heavy atom. The van der Waals surface area contributed by atoms with Gasteiger partial charge in [0.2, 0.25) is 0 Å². The number of hydrogen-bond donors (Lipinski definition) is 0. The van der Waals surface area contributed by atoms with Crippen LogP contribution in [0.25, 0.3) is 0 Å². The number of alkyl halides is 3. The van der Waals surface area contributed by atoms with Crippen LogP contribution >= 0.6 is 0 Å². The molecule has 2 aromatic rings. The van der Waals surface area contributed by atoms with Crippen LogP contribution in [-0.2, 0) is 6.18 Å². The lowest BCUT2D eigenvalue weighted by Gasteiger charge is -2.42. The van der Waals surface area contributed by atoms with E-state index >= 15 is 0 Å². The van der Waals surface area contributed by atoms with Crippen LogP contribution in [0.1, 0.15) is 85.7 Å². The van der Waals surface area contributed by atoms with Crippen molar-refractivity contribution in [3.63, 3.8) is 0 Å². The van der Waals surface area contributed by atoms with Crippen molar-refractivity contribution < 1.29 is 27.1 Å². The Labute approximate surface area is 192 Å². The summed E-state index contributed by atoms with van der Waals surface area (Å²) in [5, 5.41) is 0. The average Bonchev–Trinajstić information content (AvgIpc) is 2.78. The zero-order valence-electron chi connectivity index (χ0n) is 18.8. The lowest BCUT2D eigenvalue weighted by molar-refractivity contribution is -0.137. The van der Waals surface area contributed by atoms with Crippen LogP contribution in [0.2, 0.25) is 0 Å². The molecule has 0 N–H and O–H groups in total. The van der Waals surface area contributed by atoms with Crippen LogP contribution in [0.15, 0.2) is 42.5 Å². The van der Waals surface area contributed by atoms with E-state index in [2.05, 4.69) is 6.92 Å². The number of carbonyl (C=O) groups is 1. The van der Waals surface area contributed by atoms with Crippen molar-refractivity contribution in [3.05, 3.63) is 65.0 Å². The van der Waals surface area contributed by atoms with Crippen LogP contribution in [0.4, 0.5) is 17.6 Å². The Bertz CT molecular complexity index is 967. The van der Waals surface area contributed by atoms with E-state index in [1.165, 1.54) is 38.2 Å². The van der Waals surface area contributed by atoms with Gasteiger partial charge < -0.3 is 4.74 Å². The summed E-state index contributed by atoms with van der Waals surface area (Å²) in [6, 6.07) is 8.27. The molecule has 2 saturated carbocycles. The van der Waals surface area contributed by atoms with E-state index < -0.39 is 23.5 Å². The lowest BCUT2D eigenvalue weighted by atomic mass is 9.63. The number of halogens is 4. The standard InChI is InChI=1S/C27H30F4O2/c1-2-3-17-4-5-19-15-20(7-6-18(19)14-17)24-13-8-21(16-25(24)28)26(32)33-23-11-9-22(10-12-23)27(29,30)31/h8-13,16-20H,2-7,14-15H2,1H3/t17-,18-,19+,20?/m0/s1. The van der Waals surface area contributed by atoms with Gasteiger partial charge in [0.1, 0.15) is 11.6 Å². The van der Waals surface area contributed by atoms with Gasteiger partial charge in [0.05, 0.1) is 11.1 Å². The summed E-state index contributed by atoms with van der Waals surface area (Å²) in [5.74, 6) is 1.19. The van der Waals surface area contributed by atoms with Gasteiger partial charge >= 0.3 is 12.1 Å². The second kappa shape index (κ2) is 9.86. The first-order valence-corrected chi connectivity index (χ1v) is 11.9. The van der Waals surface area contributed by atoms with Gasteiger partial charge in [-0.2, -0.15) is 13.2 Å². The van der Waals surface area contributed by atoms with Gasteiger partial charge in [0.25, 0.3) is 0 Å². The van der Waals surface area contributed by atoms with E-state index in [0.717, 1.165) is 55.4 Å². The summed E-state index contributed by atoms with van der Waals surface area (Å²) < 4.78 is 58.1. The zero-order chi connectivity index (χ0) is 23.6. The molecule has 2 fully saturated rings. The zero-order valence-corrected chi connectivity index (χ0v) is 18.8. The monoisotopic (exact) mass is 462 g/mol. The molecule has 2 nitrogen and oxygen atoms in total. The molecule has 0 aromatic heterocycles. The molecule has 2 aliphatic rings. The minimum Gasteiger partial charge on any atom is -0.423 e. The summed E-state index contributed by atoms with van der Waals surface area (Å²) in [5.41, 5.74) is -0.133. The number of ether oxygens (including phenoxy) is 1. The maximum atomic E-state index is 15.0. The fourth-order valence-electron chi connectivity index (χ4n) is 5.80. The second-order valence-corrected chi connectivity index (χ2v) is 9.65. The fraction of sp³-hybridized carbons (Fsp3) is 0.519. The van der Waals surface area contributed by atoms with E-state index in [9.17, 15) is 22.4 Å². The molecule has 2 aliphatic carbocycles. The first kappa shape index (κ1) is 23.8. The Morgan fingerprint density at radius 1 is 0.970 bits per heavy atom. The molecule has 4 atom stereocenters. The third-order valence-corrected chi connectivity index (χ3v) is 7.49. The van der Waals surface area contributed by atoms with E-state index in [1.807, 2.05) is 0 Å². The van der Waals surface area contributed by atoms with Gasteiger partial charge in [-0.3, -0.25) is 0 Å². The maximum absolute atomic E-state index is 15.0. The van der Waals surface area contributed by atoms with Gasteiger partial charge in [0, 0.05) is 0 Å². The Morgan fingerprint density at radius 2 is 1.67 bits per heavy atom. The molecule has 0 spiro atoms. The van der Waals surface area contributed by atoms with Gasteiger partial charge in [-0.25, -0.2) is 9.18 Å². The van der Waals surface area contributed by atoms with Crippen molar-refractivity contribution in [2.45, 2.75) is 70.4 Å². The molecule has 6 heteroatoms. The van der Waals surface area contributed by atoms with Gasteiger partial charge in [-0.15, -0.1) is 0 Å². The first-order valence-electron chi connectivity index (χ1n) is 11.9. The summed E-state index contributed by atoms with van der Waals surface area (Å²) in [7, 11) is 0. The first-order chi connectivity index (χ1) is 15.7. The normalized spacial score (nSPS) is 25.4. The molecule has 0 bridgehead atoms. The van der Waals surface area contributed by atoms with Gasteiger partial charge in [-0.1, -0.05) is 32.3 Å². The maximum Gasteiger partial charge on any atom is 0.416 e. The smallest absolute Gasteiger partial charge is 0.416 e. The fourth-order valence-corrected chi connectivity index (χ4v) is 5.80. The van der Waals surface area contributed by atoms with Crippen LogP contribution < -0.4 is 4.74 Å². The Hall–Kier alpha value is -2.37. The third-order valence-electron chi connectivity index (χ3n) is 7.49. The van der Waals surface area contributed by atoms with Crippen LogP contribution in [0.5, 0.6) is 5.75 Å². The number of benzene rings is 2. The quantitative estimate of drug-likeness (QED) is 0.254. The van der Waals surface area contributed by atoms with Crippen molar-refractivity contribution in [2.75, 3.05) is 0 Å². The van der Waals surface area contributed by atoms with Crippen molar-refractivity contribution in [1.82, 2.24) is 0 Å². The molecule has 178 valence electrons. The molecular formula is C27H30F4O2. The number of rotatable bonds is 5. The number of carbonyl (C=O) groups excluding carboxylic acids is 1. The van der Waals surface area contributed by atoms with E-state index in [-0.39, 0.29) is 17.2 Å². The van der Waals surface area contributed by atoms with Crippen molar-refractivity contribution in [2.24, 2.45) is 17.8 Å². The van der Waals surface area contributed by atoms with Gasteiger partial charge in [0.15, 0.2) is 0 Å². The average molecular weight is 463 g/mol. The Balaban J connectivity index is 1.38. The Kier molecular flexibility index (Phi) is 7.10. The predicted molar refractivity (Wildman–Crippen MR) is 119 cm³/mol. The van der Waals surface area contributed by atoms with Crippen molar-refractivity contribution >= 4 is 5.97 Å². The van der Waals surface area contributed by atoms with Crippen LogP contribution in [0.3, 0.4) is 0 Å². The number of hydrogen-bond acceptors (Lipinski definition) is 2. The highest BCUT2D eigenvalue weighted by molar-refractivity contribution is 5.91. The molecule has 1 unspecified atom stereocenters. The summed E-state index contributed by atoms with van der Waals surface area (Å²) in [6.45, 7) is 2.24. The number of fused-ring (bicyclic) bond motifs is 1. The van der Waals surface area contributed by atoms with Crippen LogP contribution in [-0.4, -0.2) is 5.97 Å². The molecule has 33 heavy (non-hydrogen) atoms. The summed E-state index contributed by atoms with van der Waals surface area (Å²) in [4.78, 5) is 12.4. The molecule has 0 radical (unpaired) electrons. The summed E-state index contributed by atoms with van der Waals surface area (Å²) >= 11 is 0. The van der Waals surface area contributed by atoms with Crippen molar-refractivity contribution in [3.8, 4) is 5.75 Å². The SMILES string of the molecule is CCC[C@H]1CC[C@@H]2CC(c3ccc(C(=O)Oc4ccc(C(F)(F)F)cc4)cc3F)CC[C@H]2C1. The molecule has 0 heterocycles. The highest BCUT2D eigenvalue weighted by atomic mass is 19.4. The molecule has 0 saturated heterocycles. The van der Waals surface area contributed by atoms with Crippen molar-refractivity contribution in [1.29, 1.82) is 0 Å². The summed E-state index contributed by atoms with van der Waals surface area (Å²) in [6.07, 6.45) is 4.99.